The van der Waals surface area contributed by atoms with Gasteiger partial charge in [0, 0.05) is 20.3 Å². The molecule has 0 heterocycles. The maximum Gasteiger partial charge on any atom is 0.242 e. The highest BCUT2D eigenvalue weighted by molar-refractivity contribution is 7.80. The fourth-order valence-corrected chi connectivity index (χ4v) is 0.962. The molecule has 0 aromatic heterocycles. The smallest absolute Gasteiger partial charge is 0.242 e. The molecule has 0 radical (unpaired) electrons. The standard InChI is InChI=1S/C8H14O2S2/c1-4-5-8(9-6(2)11)10-7(3)12/h8H,4-5H2,1-3H3. The van der Waals surface area contributed by atoms with Crippen molar-refractivity contribution in [1.29, 1.82) is 0 Å². The molecule has 0 aliphatic rings. The first kappa shape index (κ1) is 11.8. The highest BCUT2D eigenvalue weighted by atomic mass is 32.1. The van der Waals surface area contributed by atoms with Crippen LogP contribution in [0.5, 0.6) is 0 Å². The van der Waals surface area contributed by atoms with Gasteiger partial charge in [0.1, 0.15) is 0 Å². The first-order valence-electron chi connectivity index (χ1n) is 3.90. The summed E-state index contributed by atoms with van der Waals surface area (Å²) in [5.41, 5.74) is 0. The van der Waals surface area contributed by atoms with Crippen LogP contribution >= 0.6 is 24.4 Å². The molecule has 0 rings (SSSR count). The molecule has 2 nitrogen and oxygen atoms in total. The monoisotopic (exact) mass is 206 g/mol. The molecule has 0 N–H and O–H groups in total. The van der Waals surface area contributed by atoms with Gasteiger partial charge in [-0.3, -0.25) is 0 Å². The molecule has 0 spiro atoms. The van der Waals surface area contributed by atoms with Gasteiger partial charge in [-0.25, -0.2) is 0 Å². The van der Waals surface area contributed by atoms with Crippen LogP contribution in [0.25, 0.3) is 0 Å². The summed E-state index contributed by atoms with van der Waals surface area (Å²) >= 11 is 9.59. The lowest BCUT2D eigenvalue weighted by Gasteiger charge is -2.17. The van der Waals surface area contributed by atoms with Crippen molar-refractivity contribution >= 4 is 34.5 Å². The van der Waals surface area contributed by atoms with Gasteiger partial charge in [-0.05, 0) is 30.9 Å². The fraction of sp³-hybridized carbons (Fsp3) is 0.750. The van der Waals surface area contributed by atoms with Gasteiger partial charge >= 0.3 is 0 Å². The van der Waals surface area contributed by atoms with Crippen LogP contribution in [-0.4, -0.2) is 16.4 Å². The highest BCUT2D eigenvalue weighted by Gasteiger charge is 2.09. The summed E-state index contributed by atoms with van der Waals surface area (Å²) in [5.74, 6) is 0. The lowest BCUT2D eigenvalue weighted by atomic mass is 10.3. The van der Waals surface area contributed by atoms with Crippen molar-refractivity contribution in [3.8, 4) is 0 Å². The van der Waals surface area contributed by atoms with Crippen molar-refractivity contribution in [2.45, 2.75) is 39.9 Å². The maximum atomic E-state index is 5.22. The van der Waals surface area contributed by atoms with Crippen LogP contribution in [0.3, 0.4) is 0 Å². The molecule has 0 aliphatic carbocycles. The number of hydrogen-bond acceptors (Lipinski definition) is 4. The Labute approximate surface area is 84.2 Å². The summed E-state index contributed by atoms with van der Waals surface area (Å²) in [6, 6.07) is 0. The van der Waals surface area contributed by atoms with E-state index in [1.807, 2.05) is 0 Å². The van der Waals surface area contributed by atoms with Crippen molar-refractivity contribution in [3.63, 3.8) is 0 Å². The van der Waals surface area contributed by atoms with Gasteiger partial charge in [0.15, 0.2) is 10.1 Å². The SMILES string of the molecule is CCCC(OC(C)=S)OC(C)=S. The lowest BCUT2D eigenvalue weighted by Crippen LogP contribution is -2.20. The number of ether oxygens (including phenoxy) is 2. The quantitative estimate of drug-likeness (QED) is 0.520. The Morgan fingerprint density at radius 1 is 1.17 bits per heavy atom. The number of hydrogen-bond donors (Lipinski definition) is 0. The zero-order valence-electron chi connectivity index (χ0n) is 7.62. The Balaban J connectivity index is 3.85. The van der Waals surface area contributed by atoms with Gasteiger partial charge in [0.25, 0.3) is 0 Å². The fourth-order valence-electron chi connectivity index (χ4n) is 0.748. The Bertz CT molecular complexity index is 152. The second-order valence-corrected chi connectivity index (χ2v) is 3.59. The van der Waals surface area contributed by atoms with Crippen molar-refractivity contribution < 1.29 is 9.47 Å². The third-order valence-corrected chi connectivity index (χ3v) is 1.31. The summed E-state index contributed by atoms with van der Waals surface area (Å²) in [6.07, 6.45) is 1.49. The van der Waals surface area contributed by atoms with Crippen LogP contribution in [0.4, 0.5) is 0 Å². The van der Waals surface area contributed by atoms with Crippen LogP contribution in [-0.2, 0) is 9.47 Å². The van der Waals surface area contributed by atoms with Crippen LogP contribution in [0, 0.1) is 0 Å². The molecule has 0 amide bonds. The average molecular weight is 206 g/mol. The first-order valence-corrected chi connectivity index (χ1v) is 4.72. The summed E-state index contributed by atoms with van der Waals surface area (Å²) in [6.45, 7) is 5.50. The van der Waals surface area contributed by atoms with E-state index in [-0.39, 0.29) is 6.29 Å². The normalized spacial score (nSPS) is 9.67. The summed E-state index contributed by atoms with van der Waals surface area (Å²) in [4.78, 5) is 0. The van der Waals surface area contributed by atoms with E-state index in [4.69, 9.17) is 33.9 Å². The summed E-state index contributed by atoms with van der Waals surface area (Å²) < 4.78 is 10.4. The average Bonchev–Trinajstić information content (AvgIpc) is 1.84. The minimum Gasteiger partial charge on any atom is -0.449 e. The summed E-state index contributed by atoms with van der Waals surface area (Å²) in [5, 5.41) is 0.981. The lowest BCUT2D eigenvalue weighted by molar-refractivity contribution is -0.0172. The first-order chi connectivity index (χ1) is 5.56. The molecule has 0 aromatic rings. The molecular formula is C8H14O2S2. The molecule has 0 unspecified atom stereocenters. The largest absolute Gasteiger partial charge is 0.449 e. The van der Waals surface area contributed by atoms with Crippen LogP contribution in [0.15, 0.2) is 0 Å². The van der Waals surface area contributed by atoms with E-state index in [1.165, 1.54) is 0 Å². The molecule has 0 atom stereocenters. The second kappa shape index (κ2) is 6.31. The van der Waals surface area contributed by atoms with E-state index in [1.54, 1.807) is 13.8 Å². The van der Waals surface area contributed by atoms with Gasteiger partial charge in [-0.2, -0.15) is 0 Å². The molecule has 70 valence electrons. The molecule has 0 aliphatic heterocycles. The van der Waals surface area contributed by atoms with Gasteiger partial charge in [0.2, 0.25) is 6.29 Å². The van der Waals surface area contributed by atoms with Gasteiger partial charge in [-0.15, -0.1) is 0 Å². The van der Waals surface area contributed by atoms with Crippen LogP contribution in [0.1, 0.15) is 33.6 Å². The topological polar surface area (TPSA) is 18.5 Å². The molecule has 0 saturated carbocycles. The van der Waals surface area contributed by atoms with Gasteiger partial charge < -0.3 is 9.47 Å². The van der Waals surface area contributed by atoms with Crippen molar-refractivity contribution in [1.82, 2.24) is 0 Å². The molecule has 0 bridgehead atoms. The van der Waals surface area contributed by atoms with Crippen LogP contribution in [0.2, 0.25) is 0 Å². The van der Waals surface area contributed by atoms with Crippen molar-refractivity contribution in [2.75, 3.05) is 0 Å². The zero-order chi connectivity index (χ0) is 9.56. The second-order valence-electron chi connectivity index (χ2n) is 2.44. The molecule has 0 saturated heterocycles. The van der Waals surface area contributed by atoms with Gasteiger partial charge in [-0.1, -0.05) is 6.92 Å². The zero-order valence-corrected chi connectivity index (χ0v) is 9.26. The van der Waals surface area contributed by atoms with E-state index < -0.39 is 0 Å². The van der Waals surface area contributed by atoms with E-state index >= 15 is 0 Å². The predicted octanol–water partition coefficient (Wildman–Crippen LogP) is 2.84. The Kier molecular flexibility index (Phi) is 6.20. The molecule has 0 aromatic carbocycles. The minimum atomic E-state index is -0.301. The Hall–Kier alpha value is -0.220. The third-order valence-electron chi connectivity index (χ3n) is 1.12. The molecule has 12 heavy (non-hydrogen) atoms. The van der Waals surface area contributed by atoms with E-state index in [9.17, 15) is 0 Å². The maximum absolute atomic E-state index is 5.22. The highest BCUT2D eigenvalue weighted by Crippen LogP contribution is 2.05. The Morgan fingerprint density at radius 3 is 1.83 bits per heavy atom. The number of rotatable bonds is 4. The Morgan fingerprint density at radius 2 is 1.58 bits per heavy atom. The predicted molar refractivity (Wildman–Crippen MR) is 57.4 cm³/mol. The van der Waals surface area contributed by atoms with Crippen LogP contribution < -0.4 is 0 Å². The molecule has 4 heteroatoms. The third kappa shape index (κ3) is 6.49. The van der Waals surface area contributed by atoms with E-state index in [0.29, 0.717) is 10.1 Å². The van der Waals surface area contributed by atoms with E-state index in [2.05, 4.69) is 6.92 Å². The van der Waals surface area contributed by atoms with Crippen molar-refractivity contribution in [2.24, 2.45) is 0 Å². The number of thiocarbonyl (C=S) groups is 2. The van der Waals surface area contributed by atoms with Crippen molar-refractivity contribution in [3.05, 3.63) is 0 Å². The summed E-state index contributed by atoms with van der Waals surface area (Å²) in [7, 11) is 0. The molecule has 0 fully saturated rings. The minimum absolute atomic E-state index is 0.301. The van der Waals surface area contributed by atoms with Gasteiger partial charge in [0.05, 0.1) is 0 Å². The molecular weight excluding hydrogens is 192 g/mol. The van der Waals surface area contributed by atoms with E-state index in [0.717, 1.165) is 12.8 Å².